The zero-order valence-corrected chi connectivity index (χ0v) is 15.8. The lowest BCUT2D eigenvalue weighted by atomic mass is 10.0. The molecule has 2 atom stereocenters. The van der Waals surface area contributed by atoms with Gasteiger partial charge in [0.1, 0.15) is 11.6 Å². The van der Waals surface area contributed by atoms with Crippen LogP contribution in [0.1, 0.15) is 50.9 Å². The molecule has 2 aromatic rings. The molecule has 0 aliphatic heterocycles. The Morgan fingerprint density at radius 1 is 1.20 bits per heavy atom. The van der Waals surface area contributed by atoms with Crippen LogP contribution in [-0.4, -0.2) is 28.8 Å². The van der Waals surface area contributed by atoms with Gasteiger partial charge >= 0.3 is 0 Å². The number of carbonyl (C=O) groups is 1. The average Bonchev–Trinajstić information content (AvgIpc) is 3.03. The maximum absolute atomic E-state index is 12.5. The molecular formula is C19H28N4O2. The SMILES string of the molecule is COc1ccc(C)cc1C(C)NC(C)C(=O)Nc1ccnn1C(C)C. The molecule has 0 bridgehead atoms. The molecule has 1 amide bonds. The number of amides is 1. The van der Waals surface area contributed by atoms with Crippen LogP contribution in [0.4, 0.5) is 5.82 Å². The first-order valence-electron chi connectivity index (χ1n) is 8.58. The zero-order chi connectivity index (χ0) is 18.6. The summed E-state index contributed by atoms with van der Waals surface area (Å²) < 4.78 is 7.23. The van der Waals surface area contributed by atoms with Crippen molar-refractivity contribution in [1.82, 2.24) is 15.1 Å². The molecule has 1 heterocycles. The fourth-order valence-electron chi connectivity index (χ4n) is 2.79. The smallest absolute Gasteiger partial charge is 0.242 e. The first-order valence-corrected chi connectivity index (χ1v) is 8.58. The largest absolute Gasteiger partial charge is 0.496 e. The molecule has 0 aliphatic carbocycles. The highest BCUT2D eigenvalue weighted by atomic mass is 16.5. The summed E-state index contributed by atoms with van der Waals surface area (Å²) in [4.78, 5) is 12.5. The third-order valence-electron chi connectivity index (χ3n) is 4.16. The maximum Gasteiger partial charge on any atom is 0.242 e. The van der Waals surface area contributed by atoms with E-state index in [1.807, 2.05) is 46.8 Å². The Hall–Kier alpha value is -2.34. The number of aromatic nitrogens is 2. The number of hydrogen-bond donors (Lipinski definition) is 2. The van der Waals surface area contributed by atoms with Crippen LogP contribution >= 0.6 is 0 Å². The molecule has 2 unspecified atom stereocenters. The number of carbonyl (C=O) groups excluding carboxylic acids is 1. The minimum atomic E-state index is -0.365. The molecule has 0 fully saturated rings. The van der Waals surface area contributed by atoms with Gasteiger partial charge in [-0.15, -0.1) is 0 Å². The van der Waals surface area contributed by atoms with Gasteiger partial charge < -0.3 is 10.1 Å². The highest BCUT2D eigenvalue weighted by molar-refractivity contribution is 5.93. The lowest BCUT2D eigenvalue weighted by molar-refractivity contribution is -0.118. The normalized spacial score (nSPS) is 13.6. The number of anilines is 1. The molecule has 6 heteroatoms. The standard InChI is InChI=1S/C19H28N4O2/c1-12(2)23-18(9-10-20-23)22-19(24)15(5)21-14(4)16-11-13(3)7-8-17(16)25-6/h7-12,14-15,21H,1-6H3,(H,22,24). The van der Waals surface area contributed by atoms with E-state index in [-0.39, 0.29) is 24.0 Å². The van der Waals surface area contributed by atoms with Crippen molar-refractivity contribution >= 4 is 11.7 Å². The van der Waals surface area contributed by atoms with Crippen molar-refractivity contribution in [2.75, 3.05) is 12.4 Å². The van der Waals surface area contributed by atoms with Gasteiger partial charge in [0.25, 0.3) is 0 Å². The molecule has 6 nitrogen and oxygen atoms in total. The van der Waals surface area contributed by atoms with Crippen molar-refractivity contribution in [3.8, 4) is 5.75 Å². The lowest BCUT2D eigenvalue weighted by Crippen LogP contribution is -2.40. The molecule has 2 rings (SSSR count). The Bertz CT molecular complexity index is 724. The molecular weight excluding hydrogens is 316 g/mol. The number of aryl methyl sites for hydroxylation is 1. The molecule has 25 heavy (non-hydrogen) atoms. The maximum atomic E-state index is 12.5. The van der Waals surface area contributed by atoms with Crippen LogP contribution in [0.2, 0.25) is 0 Å². The second-order valence-corrected chi connectivity index (χ2v) is 6.60. The van der Waals surface area contributed by atoms with Gasteiger partial charge in [-0.3, -0.25) is 10.1 Å². The average molecular weight is 344 g/mol. The van der Waals surface area contributed by atoms with Gasteiger partial charge in [0, 0.05) is 23.7 Å². The van der Waals surface area contributed by atoms with Crippen LogP contribution in [-0.2, 0) is 4.79 Å². The van der Waals surface area contributed by atoms with Gasteiger partial charge in [-0.05, 0) is 40.7 Å². The van der Waals surface area contributed by atoms with E-state index in [1.165, 1.54) is 0 Å². The highest BCUT2D eigenvalue weighted by Crippen LogP contribution is 2.26. The Kier molecular flexibility index (Phi) is 6.20. The Balaban J connectivity index is 2.06. The van der Waals surface area contributed by atoms with Gasteiger partial charge in [-0.2, -0.15) is 5.10 Å². The van der Waals surface area contributed by atoms with Gasteiger partial charge in [0.15, 0.2) is 0 Å². The van der Waals surface area contributed by atoms with E-state index < -0.39 is 0 Å². The summed E-state index contributed by atoms with van der Waals surface area (Å²) in [5.41, 5.74) is 2.19. The third-order valence-corrected chi connectivity index (χ3v) is 4.16. The quantitative estimate of drug-likeness (QED) is 0.807. The Labute approximate surface area is 149 Å². The van der Waals surface area contributed by atoms with Crippen molar-refractivity contribution in [1.29, 1.82) is 0 Å². The molecule has 0 saturated carbocycles. The van der Waals surface area contributed by atoms with E-state index in [4.69, 9.17) is 4.74 Å². The molecule has 1 aromatic carbocycles. The summed E-state index contributed by atoms with van der Waals surface area (Å²) in [6.45, 7) is 9.97. The van der Waals surface area contributed by atoms with E-state index in [0.717, 1.165) is 16.9 Å². The number of nitrogens with zero attached hydrogens (tertiary/aromatic N) is 2. The predicted octanol–water partition coefficient (Wildman–Crippen LogP) is 3.46. The van der Waals surface area contributed by atoms with E-state index in [9.17, 15) is 4.79 Å². The second kappa shape index (κ2) is 8.16. The fraction of sp³-hybridized carbons (Fsp3) is 0.474. The van der Waals surface area contributed by atoms with Crippen LogP contribution in [0.15, 0.2) is 30.5 Å². The van der Waals surface area contributed by atoms with E-state index in [2.05, 4.69) is 21.8 Å². The predicted molar refractivity (Wildman–Crippen MR) is 100.0 cm³/mol. The summed E-state index contributed by atoms with van der Waals surface area (Å²) in [5.74, 6) is 1.42. The number of methoxy groups -OCH3 is 1. The summed E-state index contributed by atoms with van der Waals surface area (Å²) in [7, 11) is 1.66. The second-order valence-electron chi connectivity index (χ2n) is 6.60. The summed E-state index contributed by atoms with van der Waals surface area (Å²) in [6.07, 6.45) is 1.69. The topological polar surface area (TPSA) is 68.2 Å². The van der Waals surface area contributed by atoms with Crippen LogP contribution in [0.3, 0.4) is 0 Å². The number of hydrogen-bond acceptors (Lipinski definition) is 4. The summed E-state index contributed by atoms with van der Waals surface area (Å²) in [6, 6.07) is 7.64. The molecule has 1 aromatic heterocycles. The summed E-state index contributed by atoms with van der Waals surface area (Å²) in [5, 5.41) is 10.5. The first-order chi connectivity index (χ1) is 11.8. The molecule has 0 saturated heterocycles. The van der Waals surface area contributed by atoms with Crippen molar-refractivity contribution in [3.05, 3.63) is 41.6 Å². The third kappa shape index (κ3) is 4.60. The van der Waals surface area contributed by atoms with Gasteiger partial charge in [0.2, 0.25) is 5.91 Å². The monoisotopic (exact) mass is 344 g/mol. The van der Waals surface area contributed by atoms with Gasteiger partial charge in [-0.25, -0.2) is 4.68 Å². The van der Waals surface area contributed by atoms with E-state index >= 15 is 0 Å². The lowest BCUT2D eigenvalue weighted by Gasteiger charge is -2.22. The number of ether oxygens (including phenoxy) is 1. The molecule has 2 N–H and O–H groups in total. The fourth-order valence-corrected chi connectivity index (χ4v) is 2.79. The van der Waals surface area contributed by atoms with Gasteiger partial charge in [0.05, 0.1) is 19.3 Å². The zero-order valence-electron chi connectivity index (χ0n) is 15.8. The van der Waals surface area contributed by atoms with Crippen molar-refractivity contribution in [3.63, 3.8) is 0 Å². The molecule has 136 valence electrons. The van der Waals surface area contributed by atoms with E-state index in [1.54, 1.807) is 24.1 Å². The van der Waals surface area contributed by atoms with Crippen molar-refractivity contribution in [2.24, 2.45) is 0 Å². The Morgan fingerprint density at radius 3 is 2.56 bits per heavy atom. The minimum absolute atomic E-state index is 0.0226. The first kappa shape index (κ1) is 19.0. The molecule has 0 aliphatic rings. The molecule has 0 radical (unpaired) electrons. The minimum Gasteiger partial charge on any atom is -0.496 e. The number of benzene rings is 1. The molecule has 0 spiro atoms. The van der Waals surface area contributed by atoms with Crippen LogP contribution in [0, 0.1) is 6.92 Å². The van der Waals surface area contributed by atoms with Crippen LogP contribution in [0.5, 0.6) is 5.75 Å². The summed E-state index contributed by atoms with van der Waals surface area (Å²) >= 11 is 0. The number of rotatable bonds is 7. The number of nitrogens with one attached hydrogen (secondary N) is 2. The van der Waals surface area contributed by atoms with Gasteiger partial charge in [-0.1, -0.05) is 17.7 Å². The van der Waals surface area contributed by atoms with E-state index in [0.29, 0.717) is 5.82 Å². The Morgan fingerprint density at radius 2 is 1.92 bits per heavy atom. The van der Waals surface area contributed by atoms with Crippen molar-refractivity contribution < 1.29 is 9.53 Å². The van der Waals surface area contributed by atoms with Crippen LogP contribution < -0.4 is 15.4 Å². The highest BCUT2D eigenvalue weighted by Gasteiger charge is 2.20. The van der Waals surface area contributed by atoms with Crippen LogP contribution in [0.25, 0.3) is 0 Å². The van der Waals surface area contributed by atoms with Crippen molar-refractivity contribution in [2.45, 2.75) is 52.7 Å².